The predicted molar refractivity (Wildman–Crippen MR) is 97.7 cm³/mol. The first kappa shape index (κ1) is 17.3. The summed E-state index contributed by atoms with van der Waals surface area (Å²) in [4.78, 5) is 11.0. The summed E-state index contributed by atoms with van der Waals surface area (Å²) >= 11 is 0. The standard InChI is InChI=1S/C21H31NO2/c1-14(2)15-6-8-17-16(12-15)7-9-18-20(3,13-22-19(23)24)10-5-11-21(17,18)4/h6,8,12,14,18,22H,5,7,9-11,13H2,1-4H3,(H,23,24)/t18-,20+,21+/m0/s1. The molecular weight excluding hydrogens is 298 g/mol. The van der Waals surface area contributed by atoms with E-state index in [9.17, 15) is 4.79 Å². The van der Waals surface area contributed by atoms with Gasteiger partial charge in [-0.05, 0) is 65.0 Å². The Hall–Kier alpha value is -1.51. The molecular formula is C21H31NO2. The van der Waals surface area contributed by atoms with Crippen LogP contribution in [0, 0.1) is 11.3 Å². The Morgan fingerprint density at radius 2 is 2.08 bits per heavy atom. The van der Waals surface area contributed by atoms with Crippen molar-refractivity contribution < 1.29 is 9.90 Å². The fraction of sp³-hybridized carbons (Fsp3) is 0.667. The highest BCUT2D eigenvalue weighted by molar-refractivity contribution is 5.64. The quantitative estimate of drug-likeness (QED) is 0.811. The molecule has 0 unspecified atom stereocenters. The first-order chi connectivity index (χ1) is 11.3. The number of amides is 1. The van der Waals surface area contributed by atoms with Crippen LogP contribution in [-0.4, -0.2) is 17.7 Å². The molecule has 1 aromatic carbocycles. The Labute approximate surface area is 145 Å². The van der Waals surface area contributed by atoms with Crippen LogP contribution < -0.4 is 5.32 Å². The normalized spacial score (nSPS) is 32.1. The summed E-state index contributed by atoms with van der Waals surface area (Å²) in [6.07, 6.45) is 4.90. The molecule has 2 aliphatic carbocycles. The Morgan fingerprint density at radius 1 is 1.33 bits per heavy atom. The minimum absolute atomic E-state index is 0.0554. The average molecular weight is 329 g/mol. The fourth-order valence-electron chi connectivity index (χ4n) is 5.49. The molecule has 3 heteroatoms. The minimum atomic E-state index is -0.902. The molecule has 132 valence electrons. The average Bonchev–Trinajstić information content (AvgIpc) is 2.52. The molecule has 3 rings (SSSR count). The molecule has 1 amide bonds. The highest BCUT2D eigenvalue weighted by Crippen LogP contribution is 2.57. The van der Waals surface area contributed by atoms with Crippen molar-refractivity contribution in [1.82, 2.24) is 5.32 Å². The molecule has 0 heterocycles. The van der Waals surface area contributed by atoms with Crippen LogP contribution in [0.1, 0.15) is 76.0 Å². The van der Waals surface area contributed by atoms with Crippen LogP contribution in [0.2, 0.25) is 0 Å². The van der Waals surface area contributed by atoms with Crippen molar-refractivity contribution in [3.8, 4) is 0 Å². The third kappa shape index (κ3) is 2.82. The SMILES string of the molecule is CC(C)c1ccc2c(c1)CC[C@H]1[C@@](C)(CNC(=O)O)CCC[C@]21C. The summed E-state index contributed by atoms with van der Waals surface area (Å²) in [6.45, 7) is 9.79. The second kappa shape index (κ2) is 6.09. The molecule has 3 atom stereocenters. The van der Waals surface area contributed by atoms with E-state index >= 15 is 0 Å². The van der Waals surface area contributed by atoms with Gasteiger partial charge < -0.3 is 10.4 Å². The van der Waals surface area contributed by atoms with Crippen LogP contribution in [0.4, 0.5) is 4.79 Å². The number of carbonyl (C=O) groups is 1. The number of aryl methyl sites for hydroxylation is 1. The zero-order valence-electron chi connectivity index (χ0n) is 15.5. The fourth-order valence-corrected chi connectivity index (χ4v) is 5.49. The number of carboxylic acid groups (broad SMARTS) is 1. The molecule has 2 N–H and O–H groups in total. The zero-order valence-corrected chi connectivity index (χ0v) is 15.5. The lowest BCUT2D eigenvalue weighted by molar-refractivity contribution is 0.0263. The van der Waals surface area contributed by atoms with Gasteiger partial charge in [-0.1, -0.05) is 52.3 Å². The summed E-state index contributed by atoms with van der Waals surface area (Å²) in [5.41, 5.74) is 4.71. The molecule has 0 bridgehead atoms. The van der Waals surface area contributed by atoms with E-state index in [1.54, 1.807) is 0 Å². The van der Waals surface area contributed by atoms with Crippen molar-refractivity contribution in [2.45, 2.75) is 71.1 Å². The van der Waals surface area contributed by atoms with Crippen molar-refractivity contribution in [3.05, 3.63) is 34.9 Å². The van der Waals surface area contributed by atoms with Gasteiger partial charge in [0.15, 0.2) is 0 Å². The monoisotopic (exact) mass is 329 g/mol. The lowest BCUT2D eigenvalue weighted by atomic mass is 9.49. The van der Waals surface area contributed by atoms with Crippen molar-refractivity contribution in [1.29, 1.82) is 0 Å². The zero-order chi connectivity index (χ0) is 17.5. The Bertz CT molecular complexity index is 639. The lowest BCUT2D eigenvalue weighted by Crippen LogP contribution is -2.53. The third-order valence-corrected chi connectivity index (χ3v) is 6.81. The second-order valence-electron chi connectivity index (χ2n) is 8.75. The highest BCUT2D eigenvalue weighted by Gasteiger charge is 2.51. The maximum atomic E-state index is 11.0. The van der Waals surface area contributed by atoms with E-state index < -0.39 is 6.09 Å². The van der Waals surface area contributed by atoms with E-state index in [4.69, 9.17) is 5.11 Å². The van der Waals surface area contributed by atoms with Gasteiger partial charge in [-0.3, -0.25) is 0 Å². The first-order valence-corrected chi connectivity index (χ1v) is 9.36. The molecule has 0 saturated heterocycles. The van der Waals surface area contributed by atoms with Gasteiger partial charge in [0.1, 0.15) is 0 Å². The smallest absolute Gasteiger partial charge is 0.404 e. The summed E-state index contributed by atoms with van der Waals surface area (Å²) in [7, 11) is 0. The highest BCUT2D eigenvalue weighted by atomic mass is 16.4. The molecule has 0 aromatic heterocycles. The minimum Gasteiger partial charge on any atom is -0.465 e. The molecule has 0 radical (unpaired) electrons. The van der Waals surface area contributed by atoms with E-state index in [2.05, 4.69) is 51.2 Å². The lowest BCUT2D eigenvalue weighted by Gasteiger charge is -2.55. The summed E-state index contributed by atoms with van der Waals surface area (Å²) < 4.78 is 0. The molecule has 0 aliphatic heterocycles. The van der Waals surface area contributed by atoms with Crippen molar-refractivity contribution in [2.75, 3.05) is 6.54 Å². The van der Waals surface area contributed by atoms with Gasteiger partial charge >= 0.3 is 6.09 Å². The Morgan fingerprint density at radius 3 is 2.75 bits per heavy atom. The summed E-state index contributed by atoms with van der Waals surface area (Å²) in [6, 6.07) is 7.09. The van der Waals surface area contributed by atoms with Crippen molar-refractivity contribution in [3.63, 3.8) is 0 Å². The van der Waals surface area contributed by atoms with E-state index in [1.165, 1.54) is 36.0 Å². The Kier molecular flexibility index (Phi) is 4.39. The van der Waals surface area contributed by atoms with Crippen LogP contribution in [0.5, 0.6) is 0 Å². The number of rotatable bonds is 3. The number of benzene rings is 1. The van der Waals surface area contributed by atoms with Gasteiger partial charge in [0, 0.05) is 6.54 Å². The molecule has 0 spiro atoms. The molecule has 24 heavy (non-hydrogen) atoms. The third-order valence-electron chi connectivity index (χ3n) is 6.81. The summed E-state index contributed by atoms with van der Waals surface area (Å²) in [5.74, 6) is 1.11. The molecule has 2 aliphatic rings. The van der Waals surface area contributed by atoms with Gasteiger partial charge in [0.05, 0.1) is 0 Å². The van der Waals surface area contributed by atoms with E-state index in [1.807, 2.05) is 0 Å². The van der Waals surface area contributed by atoms with Gasteiger partial charge in [0.2, 0.25) is 0 Å². The molecule has 1 aromatic rings. The van der Waals surface area contributed by atoms with E-state index in [0.29, 0.717) is 18.4 Å². The Balaban J connectivity index is 1.95. The number of hydrogen-bond donors (Lipinski definition) is 2. The van der Waals surface area contributed by atoms with Gasteiger partial charge in [0.25, 0.3) is 0 Å². The molecule has 3 nitrogen and oxygen atoms in total. The molecule has 1 fully saturated rings. The van der Waals surface area contributed by atoms with Crippen molar-refractivity contribution >= 4 is 6.09 Å². The largest absolute Gasteiger partial charge is 0.465 e. The summed E-state index contributed by atoms with van der Waals surface area (Å²) in [5, 5.41) is 11.7. The number of nitrogens with one attached hydrogen (secondary N) is 1. The van der Waals surface area contributed by atoms with Gasteiger partial charge in [-0.2, -0.15) is 0 Å². The van der Waals surface area contributed by atoms with Crippen LogP contribution in [0.15, 0.2) is 18.2 Å². The van der Waals surface area contributed by atoms with Gasteiger partial charge in [-0.25, -0.2) is 4.79 Å². The first-order valence-electron chi connectivity index (χ1n) is 9.36. The van der Waals surface area contributed by atoms with Gasteiger partial charge in [-0.15, -0.1) is 0 Å². The van der Waals surface area contributed by atoms with Crippen molar-refractivity contribution in [2.24, 2.45) is 11.3 Å². The van der Waals surface area contributed by atoms with Crippen LogP contribution in [0.3, 0.4) is 0 Å². The molecule has 1 saturated carbocycles. The topological polar surface area (TPSA) is 49.3 Å². The number of fused-ring (bicyclic) bond motifs is 3. The predicted octanol–water partition coefficient (Wildman–Crippen LogP) is 5.09. The van der Waals surface area contributed by atoms with E-state index in [-0.39, 0.29) is 10.8 Å². The van der Waals surface area contributed by atoms with Crippen LogP contribution in [0.25, 0.3) is 0 Å². The van der Waals surface area contributed by atoms with Crippen LogP contribution >= 0.6 is 0 Å². The number of hydrogen-bond acceptors (Lipinski definition) is 1. The van der Waals surface area contributed by atoms with Crippen LogP contribution in [-0.2, 0) is 11.8 Å². The second-order valence-corrected chi connectivity index (χ2v) is 8.75. The maximum Gasteiger partial charge on any atom is 0.404 e. The maximum absolute atomic E-state index is 11.0. The van der Waals surface area contributed by atoms with E-state index in [0.717, 1.165) is 12.8 Å².